The Bertz CT molecular complexity index is 780. The normalized spacial score (nSPS) is 10.1. The fraction of sp³-hybridized carbons (Fsp3) is 0.211. The quantitative estimate of drug-likeness (QED) is 0.673. The lowest BCUT2D eigenvalue weighted by molar-refractivity contribution is -0.149. The maximum atomic E-state index is 12.8. The SMILES string of the molecule is NC(=O)CCN(C(=O)COC(=O)COc1ccc(F)cc1)c1ccccc1. The van der Waals surface area contributed by atoms with Crippen molar-refractivity contribution in [1.29, 1.82) is 0 Å². The molecule has 7 nitrogen and oxygen atoms in total. The molecule has 2 N–H and O–H groups in total. The Labute approximate surface area is 155 Å². The molecule has 2 aromatic carbocycles. The largest absolute Gasteiger partial charge is 0.482 e. The molecule has 2 aromatic rings. The fourth-order valence-corrected chi connectivity index (χ4v) is 2.16. The summed E-state index contributed by atoms with van der Waals surface area (Å²) in [4.78, 5) is 36.5. The second kappa shape index (κ2) is 9.91. The number of nitrogens with two attached hydrogens (primary N) is 1. The van der Waals surface area contributed by atoms with E-state index < -0.39 is 36.8 Å². The Balaban J connectivity index is 1.87. The molecule has 8 heteroatoms. The number of carbonyl (C=O) groups is 3. The van der Waals surface area contributed by atoms with E-state index in [4.69, 9.17) is 15.2 Å². The van der Waals surface area contributed by atoms with Gasteiger partial charge in [0.15, 0.2) is 13.2 Å². The van der Waals surface area contributed by atoms with Gasteiger partial charge in [0.2, 0.25) is 5.91 Å². The van der Waals surface area contributed by atoms with Crippen LogP contribution >= 0.6 is 0 Å². The molecule has 0 fully saturated rings. The number of nitrogens with zero attached hydrogens (tertiary/aromatic N) is 1. The minimum absolute atomic E-state index is 0.0255. The summed E-state index contributed by atoms with van der Waals surface area (Å²) in [6.07, 6.45) is -0.0255. The molecule has 0 aliphatic heterocycles. The van der Waals surface area contributed by atoms with Crippen LogP contribution in [0.25, 0.3) is 0 Å². The van der Waals surface area contributed by atoms with Crippen LogP contribution in [-0.2, 0) is 19.1 Å². The highest BCUT2D eigenvalue weighted by molar-refractivity contribution is 5.95. The number of anilines is 1. The Hall–Kier alpha value is -3.42. The lowest BCUT2D eigenvalue weighted by atomic mass is 10.2. The third-order valence-electron chi connectivity index (χ3n) is 3.48. The van der Waals surface area contributed by atoms with Crippen molar-refractivity contribution in [2.24, 2.45) is 5.73 Å². The highest BCUT2D eigenvalue weighted by Gasteiger charge is 2.18. The van der Waals surface area contributed by atoms with Gasteiger partial charge < -0.3 is 20.1 Å². The van der Waals surface area contributed by atoms with Crippen molar-refractivity contribution >= 4 is 23.5 Å². The Kier molecular flexibility index (Phi) is 7.30. The molecule has 142 valence electrons. The van der Waals surface area contributed by atoms with Crippen molar-refractivity contribution in [1.82, 2.24) is 0 Å². The Morgan fingerprint density at radius 2 is 1.63 bits per heavy atom. The summed E-state index contributed by atoms with van der Waals surface area (Å²) >= 11 is 0. The monoisotopic (exact) mass is 374 g/mol. The molecule has 0 heterocycles. The van der Waals surface area contributed by atoms with Crippen LogP contribution < -0.4 is 15.4 Å². The number of ether oxygens (including phenoxy) is 2. The summed E-state index contributed by atoms with van der Waals surface area (Å²) in [7, 11) is 0. The predicted molar refractivity (Wildman–Crippen MR) is 95.5 cm³/mol. The zero-order valence-corrected chi connectivity index (χ0v) is 14.5. The minimum Gasteiger partial charge on any atom is -0.482 e. The van der Waals surface area contributed by atoms with Gasteiger partial charge in [0, 0.05) is 18.7 Å². The van der Waals surface area contributed by atoms with Crippen molar-refractivity contribution in [2.45, 2.75) is 6.42 Å². The summed E-state index contributed by atoms with van der Waals surface area (Å²) < 4.78 is 22.9. The summed E-state index contributed by atoms with van der Waals surface area (Å²) in [5.41, 5.74) is 5.70. The molecule has 0 aromatic heterocycles. The number of halogens is 1. The standard InChI is InChI=1S/C19H19FN2O5/c20-14-6-8-16(9-7-14)26-13-19(25)27-12-18(24)22(11-10-17(21)23)15-4-2-1-3-5-15/h1-9H,10-13H2,(H2,21,23). The minimum atomic E-state index is -0.754. The van der Waals surface area contributed by atoms with Gasteiger partial charge in [0.25, 0.3) is 5.91 Å². The highest BCUT2D eigenvalue weighted by Crippen LogP contribution is 2.14. The van der Waals surface area contributed by atoms with E-state index >= 15 is 0 Å². The summed E-state index contributed by atoms with van der Waals surface area (Å²) in [6, 6.07) is 13.8. The van der Waals surface area contributed by atoms with Crippen LogP contribution in [0.1, 0.15) is 6.42 Å². The van der Waals surface area contributed by atoms with E-state index in [1.165, 1.54) is 29.2 Å². The molecule has 0 saturated carbocycles. The van der Waals surface area contributed by atoms with Gasteiger partial charge in [-0.2, -0.15) is 0 Å². The lowest BCUT2D eigenvalue weighted by Gasteiger charge is -2.22. The maximum absolute atomic E-state index is 12.8. The molecule has 0 aliphatic carbocycles. The van der Waals surface area contributed by atoms with Crippen molar-refractivity contribution < 1.29 is 28.2 Å². The number of rotatable bonds is 9. The Morgan fingerprint density at radius 3 is 2.26 bits per heavy atom. The molecule has 0 unspecified atom stereocenters. The molecule has 0 radical (unpaired) electrons. The lowest BCUT2D eigenvalue weighted by Crippen LogP contribution is -2.37. The van der Waals surface area contributed by atoms with Gasteiger partial charge in [-0.3, -0.25) is 9.59 Å². The van der Waals surface area contributed by atoms with E-state index in [0.29, 0.717) is 11.4 Å². The first-order chi connectivity index (χ1) is 13.0. The smallest absolute Gasteiger partial charge is 0.344 e. The number of benzene rings is 2. The molecule has 27 heavy (non-hydrogen) atoms. The first-order valence-corrected chi connectivity index (χ1v) is 8.13. The number of esters is 1. The van der Waals surface area contributed by atoms with Crippen LogP contribution in [-0.4, -0.2) is 37.5 Å². The zero-order chi connectivity index (χ0) is 19.6. The summed E-state index contributed by atoms with van der Waals surface area (Å²) in [6.45, 7) is -0.868. The number of amides is 2. The zero-order valence-electron chi connectivity index (χ0n) is 14.5. The highest BCUT2D eigenvalue weighted by atomic mass is 19.1. The van der Waals surface area contributed by atoms with Crippen molar-refractivity contribution in [3.63, 3.8) is 0 Å². The van der Waals surface area contributed by atoms with E-state index in [1.807, 2.05) is 0 Å². The number of para-hydroxylation sites is 1. The average molecular weight is 374 g/mol. The summed E-state index contributed by atoms with van der Waals surface area (Å²) in [5.74, 6) is -1.93. The predicted octanol–water partition coefficient (Wildman–Crippen LogP) is 1.66. The molecule has 0 atom stereocenters. The van der Waals surface area contributed by atoms with E-state index in [-0.39, 0.29) is 13.0 Å². The van der Waals surface area contributed by atoms with E-state index in [2.05, 4.69) is 0 Å². The van der Waals surface area contributed by atoms with Gasteiger partial charge >= 0.3 is 5.97 Å². The van der Waals surface area contributed by atoms with Crippen molar-refractivity contribution in [3.8, 4) is 5.75 Å². The first-order valence-electron chi connectivity index (χ1n) is 8.13. The van der Waals surface area contributed by atoms with Crippen LogP contribution in [0.3, 0.4) is 0 Å². The fourth-order valence-electron chi connectivity index (χ4n) is 2.16. The molecule has 2 amide bonds. The third-order valence-corrected chi connectivity index (χ3v) is 3.48. The third kappa shape index (κ3) is 6.77. The molecular weight excluding hydrogens is 355 g/mol. The molecule has 0 bridgehead atoms. The van der Waals surface area contributed by atoms with Gasteiger partial charge in [-0.1, -0.05) is 18.2 Å². The van der Waals surface area contributed by atoms with E-state index in [1.54, 1.807) is 30.3 Å². The van der Waals surface area contributed by atoms with Crippen molar-refractivity contribution in [2.75, 3.05) is 24.7 Å². The summed E-state index contributed by atoms with van der Waals surface area (Å²) in [5, 5.41) is 0. The van der Waals surface area contributed by atoms with Crippen LogP contribution in [0, 0.1) is 5.82 Å². The molecule has 2 rings (SSSR count). The van der Waals surface area contributed by atoms with Crippen LogP contribution in [0.4, 0.5) is 10.1 Å². The molecular formula is C19H19FN2O5. The molecule has 0 saturated heterocycles. The maximum Gasteiger partial charge on any atom is 0.344 e. The number of hydrogen-bond donors (Lipinski definition) is 1. The van der Waals surface area contributed by atoms with Crippen LogP contribution in [0.2, 0.25) is 0 Å². The number of carbonyl (C=O) groups excluding carboxylic acids is 3. The second-order valence-corrected chi connectivity index (χ2v) is 5.50. The van der Waals surface area contributed by atoms with Gasteiger partial charge in [-0.05, 0) is 36.4 Å². The average Bonchev–Trinajstić information content (AvgIpc) is 2.66. The van der Waals surface area contributed by atoms with Gasteiger partial charge in [0.1, 0.15) is 11.6 Å². The van der Waals surface area contributed by atoms with E-state index in [9.17, 15) is 18.8 Å². The first kappa shape index (κ1) is 19.9. The van der Waals surface area contributed by atoms with Crippen LogP contribution in [0.15, 0.2) is 54.6 Å². The molecule has 0 spiro atoms. The molecule has 0 aliphatic rings. The number of hydrogen-bond acceptors (Lipinski definition) is 5. The second-order valence-electron chi connectivity index (χ2n) is 5.50. The van der Waals surface area contributed by atoms with Crippen molar-refractivity contribution in [3.05, 3.63) is 60.4 Å². The number of primary amides is 1. The van der Waals surface area contributed by atoms with Gasteiger partial charge in [-0.25, -0.2) is 9.18 Å². The van der Waals surface area contributed by atoms with Gasteiger partial charge in [-0.15, -0.1) is 0 Å². The topological polar surface area (TPSA) is 98.9 Å². The van der Waals surface area contributed by atoms with Gasteiger partial charge in [0.05, 0.1) is 0 Å². The Morgan fingerprint density at radius 1 is 0.963 bits per heavy atom. The van der Waals surface area contributed by atoms with Crippen LogP contribution in [0.5, 0.6) is 5.75 Å². The van der Waals surface area contributed by atoms with E-state index in [0.717, 1.165) is 0 Å².